The van der Waals surface area contributed by atoms with Crippen molar-refractivity contribution in [2.75, 3.05) is 13.6 Å². The molecule has 21 heavy (non-hydrogen) atoms. The average Bonchev–Trinajstić information content (AvgIpc) is 2.86. The van der Waals surface area contributed by atoms with Crippen molar-refractivity contribution in [3.63, 3.8) is 0 Å². The Bertz CT molecular complexity index is 536. The third kappa shape index (κ3) is 5.91. The van der Waals surface area contributed by atoms with Crippen LogP contribution in [0.5, 0.6) is 0 Å². The highest BCUT2D eigenvalue weighted by Gasteiger charge is 2.04. The van der Waals surface area contributed by atoms with E-state index in [0.29, 0.717) is 0 Å². The Morgan fingerprint density at radius 3 is 2.38 bits per heavy atom. The molecule has 2 rings (SSSR count). The number of hydrogen-bond acceptors (Lipinski definition) is 3. The van der Waals surface area contributed by atoms with Gasteiger partial charge in [0.1, 0.15) is 0 Å². The molecule has 0 amide bonds. The van der Waals surface area contributed by atoms with Crippen LogP contribution in [0.2, 0.25) is 0 Å². The van der Waals surface area contributed by atoms with Crippen LogP contribution in [0, 0.1) is 0 Å². The predicted molar refractivity (Wildman–Crippen MR) is 95.6 cm³/mol. The molecule has 0 unspecified atom stereocenters. The highest BCUT2D eigenvalue weighted by Crippen LogP contribution is 2.21. The second-order valence-corrected chi connectivity index (χ2v) is 7.72. The zero-order valence-electron chi connectivity index (χ0n) is 12.7. The monoisotopic (exact) mass is 366 g/mol. The lowest BCUT2D eigenvalue weighted by Crippen LogP contribution is -2.17. The van der Waals surface area contributed by atoms with Crippen LogP contribution in [-0.2, 0) is 19.6 Å². The second kappa shape index (κ2) is 8.69. The Morgan fingerprint density at radius 2 is 1.76 bits per heavy atom. The molecule has 1 aromatic carbocycles. The minimum Gasteiger partial charge on any atom is -0.313 e. The summed E-state index contributed by atoms with van der Waals surface area (Å²) in [6, 6.07) is 11.1. The molecule has 0 radical (unpaired) electrons. The Labute approximate surface area is 140 Å². The van der Waals surface area contributed by atoms with Crippen LogP contribution in [0.4, 0.5) is 0 Å². The summed E-state index contributed by atoms with van der Waals surface area (Å²) in [6.45, 7) is 6.21. The molecular weight excluding hydrogens is 344 g/mol. The van der Waals surface area contributed by atoms with Crippen molar-refractivity contribution < 1.29 is 0 Å². The molecule has 0 aliphatic heterocycles. The van der Waals surface area contributed by atoms with Crippen LogP contribution in [-0.4, -0.2) is 18.5 Å². The lowest BCUT2D eigenvalue weighted by atomic mass is 10.1. The molecule has 4 heteroatoms. The van der Waals surface area contributed by atoms with Crippen molar-refractivity contribution >= 4 is 27.3 Å². The Balaban J connectivity index is 1.82. The smallest absolute Gasteiger partial charge is 0.0701 e. The van der Waals surface area contributed by atoms with E-state index in [9.17, 15) is 0 Å². The van der Waals surface area contributed by atoms with E-state index in [1.165, 1.54) is 26.9 Å². The molecule has 0 aliphatic rings. The van der Waals surface area contributed by atoms with Gasteiger partial charge in [-0.15, -0.1) is 11.3 Å². The number of thiophene rings is 1. The highest BCUT2D eigenvalue weighted by molar-refractivity contribution is 9.11. The highest BCUT2D eigenvalue weighted by atomic mass is 79.9. The van der Waals surface area contributed by atoms with Crippen molar-refractivity contribution in [3.05, 3.63) is 56.2 Å². The molecule has 2 nitrogen and oxygen atoms in total. The predicted octanol–water partition coefficient (Wildman–Crippen LogP) is 4.64. The van der Waals surface area contributed by atoms with Gasteiger partial charge in [0.05, 0.1) is 3.79 Å². The summed E-state index contributed by atoms with van der Waals surface area (Å²) in [4.78, 5) is 2.35. The van der Waals surface area contributed by atoms with Crippen LogP contribution in [0.15, 0.2) is 39.5 Å². The lowest BCUT2D eigenvalue weighted by Gasteiger charge is -2.16. The number of halogens is 1. The summed E-state index contributed by atoms with van der Waals surface area (Å²) < 4.78 is 1.20. The summed E-state index contributed by atoms with van der Waals surface area (Å²) in [5.41, 5.74) is 4.09. The number of rotatable bonds is 8. The molecule has 0 spiro atoms. The standard InChI is InChI=1S/C17H23BrN2S/c1-3-8-19-10-14-4-6-15(7-5-14)11-20(2)12-16-9-17(18)21-13-16/h4-7,9,13,19H,3,8,10-12H2,1-2H3. The average molecular weight is 367 g/mol. The molecule has 2 aromatic rings. The van der Waals surface area contributed by atoms with E-state index in [0.717, 1.165) is 26.2 Å². The van der Waals surface area contributed by atoms with Gasteiger partial charge in [-0.2, -0.15) is 0 Å². The third-order valence-corrected chi connectivity index (χ3v) is 4.86. The minimum absolute atomic E-state index is 0.965. The normalized spacial score (nSPS) is 11.2. The minimum atomic E-state index is 0.965. The van der Waals surface area contributed by atoms with Gasteiger partial charge >= 0.3 is 0 Å². The first kappa shape index (κ1) is 16.7. The molecule has 1 heterocycles. The zero-order valence-corrected chi connectivity index (χ0v) is 15.1. The van der Waals surface area contributed by atoms with Crippen LogP contribution < -0.4 is 5.32 Å². The Kier molecular flexibility index (Phi) is 6.90. The summed E-state index contributed by atoms with van der Waals surface area (Å²) in [7, 11) is 2.17. The SMILES string of the molecule is CCCNCc1ccc(CN(C)Cc2csc(Br)c2)cc1. The largest absolute Gasteiger partial charge is 0.313 e. The van der Waals surface area contributed by atoms with Crippen molar-refractivity contribution in [2.45, 2.75) is 33.0 Å². The van der Waals surface area contributed by atoms with E-state index >= 15 is 0 Å². The van der Waals surface area contributed by atoms with Crippen LogP contribution in [0.3, 0.4) is 0 Å². The molecule has 0 fully saturated rings. The first-order chi connectivity index (χ1) is 10.2. The number of hydrogen-bond donors (Lipinski definition) is 1. The maximum Gasteiger partial charge on any atom is 0.0701 e. The van der Waals surface area contributed by atoms with Crippen LogP contribution in [0.25, 0.3) is 0 Å². The molecule has 0 saturated heterocycles. The summed E-state index contributed by atoms with van der Waals surface area (Å²) in [5, 5.41) is 5.64. The fraction of sp³-hybridized carbons (Fsp3) is 0.412. The molecule has 114 valence electrons. The molecule has 0 atom stereocenters. The maximum absolute atomic E-state index is 3.52. The van der Waals surface area contributed by atoms with Gasteiger partial charge in [0.15, 0.2) is 0 Å². The van der Waals surface area contributed by atoms with Crippen molar-refractivity contribution in [3.8, 4) is 0 Å². The van der Waals surface area contributed by atoms with Gasteiger partial charge in [-0.1, -0.05) is 31.2 Å². The van der Waals surface area contributed by atoms with Gasteiger partial charge in [-0.05, 0) is 64.1 Å². The van der Waals surface area contributed by atoms with Gasteiger partial charge in [0.25, 0.3) is 0 Å². The number of nitrogens with one attached hydrogen (secondary N) is 1. The Hall–Kier alpha value is -0.680. The van der Waals surface area contributed by atoms with E-state index in [2.05, 4.69) is 75.8 Å². The van der Waals surface area contributed by atoms with Crippen LogP contribution >= 0.6 is 27.3 Å². The molecule has 0 aliphatic carbocycles. The Morgan fingerprint density at radius 1 is 1.10 bits per heavy atom. The first-order valence-electron chi connectivity index (χ1n) is 7.37. The number of nitrogens with zero attached hydrogens (tertiary/aromatic N) is 1. The number of benzene rings is 1. The van der Waals surface area contributed by atoms with Crippen molar-refractivity contribution in [1.29, 1.82) is 0 Å². The lowest BCUT2D eigenvalue weighted by molar-refractivity contribution is 0.319. The topological polar surface area (TPSA) is 15.3 Å². The molecule has 1 aromatic heterocycles. The van der Waals surface area contributed by atoms with Gasteiger partial charge in [0, 0.05) is 19.6 Å². The fourth-order valence-electron chi connectivity index (χ4n) is 2.28. The van der Waals surface area contributed by atoms with Gasteiger partial charge in [-0.3, -0.25) is 4.90 Å². The molecule has 0 saturated carbocycles. The van der Waals surface area contributed by atoms with Gasteiger partial charge in [-0.25, -0.2) is 0 Å². The zero-order chi connectivity index (χ0) is 15.1. The van der Waals surface area contributed by atoms with E-state index in [1.54, 1.807) is 11.3 Å². The van der Waals surface area contributed by atoms with Crippen molar-refractivity contribution in [2.24, 2.45) is 0 Å². The molecular formula is C17H23BrN2S. The van der Waals surface area contributed by atoms with Gasteiger partial charge < -0.3 is 5.32 Å². The fourth-order valence-corrected chi connectivity index (χ4v) is 3.48. The van der Waals surface area contributed by atoms with Crippen LogP contribution in [0.1, 0.15) is 30.0 Å². The maximum atomic E-state index is 3.52. The third-order valence-electron chi connectivity index (χ3n) is 3.31. The van der Waals surface area contributed by atoms with Gasteiger partial charge in [0.2, 0.25) is 0 Å². The van der Waals surface area contributed by atoms with E-state index in [1.807, 2.05) is 0 Å². The summed E-state index contributed by atoms with van der Waals surface area (Å²) in [6.07, 6.45) is 1.18. The quantitative estimate of drug-likeness (QED) is 0.684. The van der Waals surface area contributed by atoms with E-state index in [4.69, 9.17) is 0 Å². The molecule has 0 bridgehead atoms. The first-order valence-corrected chi connectivity index (χ1v) is 9.04. The van der Waals surface area contributed by atoms with Crippen molar-refractivity contribution in [1.82, 2.24) is 10.2 Å². The summed E-state index contributed by atoms with van der Waals surface area (Å²) in [5.74, 6) is 0. The van der Waals surface area contributed by atoms with E-state index < -0.39 is 0 Å². The second-order valence-electron chi connectivity index (χ2n) is 5.42. The molecule has 1 N–H and O–H groups in total. The van der Waals surface area contributed by atoms with E-state index in [-0.39, 0.29) is 0 Å². The summed E-state index contributed by atoms with van der Waals surface area (Å²) >= 11 is 5.26.